The third kappa shape index (κ3) is 1.79. The molecule has 1 unspecified atom stereocenters. The fourth-order valence-electron chi connectivity index (χ4n) is 2.08. The lowest BCUT2D eigenvalue weighted by Crippen LogP contribution is -2.50. The molecule has 0 saturated heterocycles. The van der Waals surface area contributed by atoms with E-state index < -0.39 is 30.4 Å². The Kier molecular flexibility index (Phi) is 2.92. The van der Waals surface area contributed by atoms with Gasteiger partial charge in [0.1, 0.15) is 5.75 Å². The van der Waals surface area contributed by atoms with Gasteiger partial charge in [0.2, 0.25) is 0 Å². The smallest absolute Gasteiger partial charge is 0.405 e. The topological polar surface area (TPSA) is 26.3 Å². The molecule has 1 aromatic carbocycles. The summed E-state index contributed by atoms with van der Waals surface area (Å²) >= 11 is 0. The highest BCUT2D eigenvalue weighted by Crippen LogP contribution is 2.48. The number of esters is 1. The molecule has 2 rings (SSSR count). The first-order chi connectivity index (χ1) is 8.40. The molecule has 0 N–H and O–H groups in total. The van der Waals surface area contributed by atoms with Crippen LogP contribution >= 0.6 is 0 Å². The summed E-state index contributed by atoms with van der Waals surface area (Å²) in [6, 6.07) is 6.25. The van der Waals surface area contributed by atoms with Gasteiger partial charge in [-0.15, -0.1) is 6.58 Å². The van der Waals surface area contributed by atoms with Gasteiger partial charge >= 0.3 is 12.1 Å². The normalized spacial score (nSPS) is 23.2. The monoisotopic (exact) mass is 256 g/mol. The molecule has 0 fully saturated rings. The summed E-state index contributed by atoms with van der Waals surface area (Å²) in [5.41, 5.74) is -2.13. The van der Waals surface area contributed by atoms with Crippen molar-refractivity contribution in [2.45, 2.75) is 19.0 Å². The highest BCUT2D eigenvalue weighted by Gasteiger charge is 2.62. The van der Waals surface area contributed by atoms with Gasteiger partial charge in [0.25, 0.3) is 0 Å². The van der Waals surface area contributed by atoms with Gasteiger partial charge in [-0.2, -0.15) is 13.2 Å². The number of carbonyl (C=O) groups is 1. The zero-order chi connectivity index (χ0) is 13.4. The van der Waals surface area contributed by atoms with Crippen molar-refractivity contribution in [2.75, 3.05) is 0 Å². The Balaban J connectivity index is 2.51. The second-order valence-electron chi connectivity index (χ2n) is 4.25. The molecule has 1 atom stereocenters. The minimum Gasteiger partial charge on any atom is -0.426 e. The van der Waals surface area contributed by atoms with Crippen molar-refractivity contribution in [3.8, 4) is 5.75 Å². The quantitative estimate of drug-likeness (QED) is 0.461. The zero-order valence-electron chi connectivity index (χ0n) is 9.46. The number of allylic oxidation sites excluding steroid dienone is 1. The van der Waals surface area contributed by atoms with Crippen LogP contribution < -0.4 is 4.74 Å². The van der Waals surface area contributed by atoms with Gasteiger partial charge in [-0.3, -0.25) is 4.79 Å². The second-order valence-corrected chi connectivity index (χ2v) is 4.25. The summed E-state index contributed by atoms with van der Waals surface area (Å²) < 4.78 is 44.4. The SMILES string of the molecule is C=CCC1(C(F)(F)F)Cc2ccccc2OC1=O. The van der Waals surface area contributed by atoms with Crippen LogP contribution in [0.4, 0.5) is 13.2 Å². The van der Waals surface area contributed by atoms with Crippen LogP contribution in [0, 0.1) is 5.41 Å². The molecule has 0 radical (unpaired) electrons. The minimum absolute atomic E-state index is 0.200. The summed E-state index contributed by atoms with van der Waals surface area (Å²) in [5.74, 6) is -1.06. The molecule has 0 aromatic heterocycles. The summed E-state index contributed by atoms with van der Waals surface area (Å²) in [7, 11) is 0. The molecular weight excluding hydrogens is 245 g/mol. The number of hydrogen-bond acceptors (Lipinski definition) is 2. The van der Waals surface area contributed by atoms with Gasteiger partial charge in [-0.1, -0.05) is 24.3 Å². The number of ether oxygens (including phenoxy) is 1. The number of fused-ring (bicyclic) bond motifs is 1. The lowest BCUT2D eigenvalue weighted by Gasteiger charge is -2.36. The molecule has 1 heterocycles. The Labute approximate surface area is 102 Å². The van der Waals surface area contributed by atoms with E-state index in [0.29, 0.717) is 5.56 Å². The molecule has 0 saturated carbocycles. The number of para-hydroxylation sites is 1. The van der Waals surface area contributed by atoms with Gasteiger partial charge in [0, 0.05) is 6.42 Å². The Morgan fingerprint density at radius 3 is 2.67 bits per heavy atom. The van der Waals surface area contributed by atoms with Gasteiger partial charge in [-0.25, -0.2) is 0 Å². The van der Waals surface area contributed by atoms with E-state index in [9.17, 15) is 18.0 Å². The lowest BCUT2D eigenvalue weighted by molar-refractivity contribution is -0.231. The lowest BCUT2D eigenvalue weighted by atomic mass is 9.76. The van der Waals surface area contributed by atoms with Crippen LogP contribution in [0.1, 0.15) is 12.0 Å². The third-order valence-electron chi connectivity index (χ3n) is 3.09. The van der Waals surface area contributed by atoms with Crippen molar-refractivity contribution in [2.24, 2.45) is 5.41 Å². The molecular formula is C13H11F3O2. The van der Waals surface area contributed by atoms with Crippen molar-refractivity contribution in [3.63, 3.8) is 0 Å². The molecule has 1 aliphatic rings. The van der Waals surface area contributed by atoms with Gasteiger partial charge < -0.3 is 4.74 Å². The molecule has 2 nitrogen and oxygen atoms in total. The van der Waals surface area contributed by atoms with E-state index in [4.69, 9.17) is 4.74 Å². The minimum atomic E-state index is -4.66. The van der Waals surface area contributed by atoms with Crippen LogP contribution in [0.2, 0.25) is 0 Å². The van der Waals surface area contributed by atoms with Crippen LogP contribution in [0.3, 0.4) is 0 Å². The number of hydrogen-bond donors (Lipinski definition) is 0. The number of alkyl halides is 3. The van der Waals surface area contributed by atoms with Gasteiger partial charge in [0.15, 0.2) is 5.41 Å². The van der Waals surface area contributed by atoms with Crippen LogP contribution in [0.15, 0.2) is 36.9 Å². The van der Waals surface area contributed by atoms with Crippen LogP contribution in [0.5, 0.6) is 5.75 Å². The van der Waals surface area contributed by atoms with E-state index in [1.54, 1.807) is 12.1 Å². The average molecular weight is 256 g/mol. The summed E-state index contributed by atoms with van der Waals surface area (Å²) in [5, 5.41) is 0. The van der Waals surface area contributed by atoms with Crippen molar-refractivity contribution < 1.29 is 22.7 Å². The van der Waals surface area contributed by atoms with Crippen LogP contribution in [0.25, 0.3) is 0 Å². The molecule has 0 spiro atoms. The maximum absolute atomic E-state index is 13.2. The zero-order valence-corrected chi connectivity index (χ0v) is 9.46. The Bertz CT molecular complexity index is 493. The molecule has 0 aliphatic carbocycles. The second kappa shape index (κ2) is 4.15. The fourth-order valence-corrected chi connectivity index (χ4v) is 2.08. The molecule has 1 aromatic rings. The molecule has 96 valence electrons. The molecule has 0 amide bonds. The van der Waals surface area contributed by atoms with Crippen molar-refractivity contribution in [1.29, 1.82) is 0 Å². The van der Waals surface area contributed by atoms with Crippen molar-refractivity contribution >= 4 is 5.97 Å². The Hall–Kier alpha value is -1.78. The highest BCUT2D eigenvalue weighted by atomic mass is 19.4. The first-order valence-corrected chi connectivity index (χ1v) is 5.38. The standard InChI is InChI=1S/C13H11F3O2/c1-2-7-12(13(14,15)16)8-9-5-3-4-6-10(9)18-11(12)17/h2-6H,1,7-8H2. The Morgan fingerprint density at radius 1 is 1.39 bits per heavy atom. The van der Waals surface area contributed by atoms with Gasteiger partial charge in [-0.05, 0) is 18.1 Å². The maximum atomic E-state index is 13.2. The fraction of sp³-hybridized carbons (Fsp3) is 0.308. The largest absolute Gasteiger partial charge is 0.426 e. The number of rotatable bonds is 2. The summed E-state index contributed by atoms with van der Waals surface area (Å²) in [6.07, 6.45) is -4.45. The molecule has 5 heteroatoms. The molecule has 1 aliphatic heterocycles. The first kappa shape index (κ1) is 12.7. The van der Waals surface area contributed by atoms with E-state index in [2.05, 4.69) is 6.58 Å². The van der Waals surface area contributed by atoms with E-state index in [-0.39, 0.29) is 5.75 Å². The molecule has 18 heavy (non-hydrogen) atoms. The van der Waals surface area contributed by atoms with E-state index in [0.717, 1.165) is 6.08 Å². The third-order valence-corrected chi connectivity index (χ3v) is 3.09. The maximum Gasteiger partial charge on any atom is 0.405 e. The molecule has 0 bridgehead atoms. The van der Waals surface area contributed by atoms with E-state index >= 15 is 0 Å². The van der Waals surface area contributed by atoms with E-state index in [1.165, 1.54) is 12.1 Å². The van der Waals surface area contributed by atoms with Crippen molar-refractivity contribution in [3.05, 3.63) is 42.5 Å². The first-order valence-electron chi connectivity index (χ1n) is 5.38. The van der Waals surface area contributed by atoms with E-state index in [1.807, 2.05) is 0 Å². The number of benzene rings is 1. The van der Waals surface area contributed by atoms with Crippen LogP contribution in [-0.2, 0) is 11.2 Å². The summed E-state index contributed by atoms with van der Waals surface area (Å²) in [4.78, 5) is 11.7. The Morgan fingerprint density at radius 2 is 2.06 bits per heavy atom. The van der Waals surface area contributed by atoms with Gasteiger partial charge in [0.05, 0.1) is 0 Å². The highest BCUT2D eigenvalue weighted by molar-refractivity contribution is 5.83. The van der Waals surface area contributed by atoms with Crippen molar-refractivity contribution in [1.82, 2.24) is 0 Å². The number of halogens is 3. The predicted molar refractivity (Wildman–Crippen MR) is 59.1 cm³/mol. The predicted octanol–water partition coefficient (Wildman–Crippen LogP) is 3.27. The van der Waals surface area contributed by atoms with Crippen LogP contribution in [-0.4, -0.2) is 12.1 Å². The summed E-state index contributed by atoms with van der Waals surface area (Å²) in [6.45, 7) is 3.30. The average Bonchev–Trinajstić information content (AvgIpc) is 2.28. The number of carbonyl (C=O) groups excluding carboxylic acids is 1.